The van der Waals surface area contributed by atoms with Crippen LogP contribution in [0.1, 0.15) is 88.5 Å². The highest BCUT2D eigenvalue weighted by atomic mass is 35.5. The molecule has 62 heavy (non-hydrogen) atoms. The van der Waals surface area contributed by atoms with E-state index in [0.717, 1.165) is 22.3 Å². The summed E-state index contributed by atoms with van der Waals surface area (Å²) in [5.41, 5.74) is 3.92. The Labute approximate surface area is 371 Å². The van der Waals surface area contributed by atoms with Gasteiger partial charge in [-0.25, -0.2) is 4.84 Å². The maximum Gasteiger partial charge on any atom is 0.223 e. The van der Waals surface area contributed by atoms with E-state index < -0.39 is 35.8 Å². The Kier molecular flexibility index (Phi) is 19.1. The topological polar surface area (TPSA) is 182 Å². The molecule has 5 atom stereocenters. The van der Waals surface area contributed by atoms with Gasteiger partial charge in [0, 0.05) is 49.2 Å². The quantitative estimate of drug-likeness (QED) is 0.0601. The van der Waals surface area contributed by atoms with Crippen molar-refractivity contribution in [2.75, 3.05) is 35.0 Å². The van der Waals surface area contributed by atoms with Crippen LogP contribution < -0.4 is 34.4 Å². The first kappa shape index (κ1) is 49.5. The number of hydrogen-bond acceptors (Lipinski definition) is 11. The van der Waals surface area contributed by atoms with Crippen LogP contribution in [0.3, 0.4) is 0 Å². The minimum Gasteiger partial charge on any atom is -0.504 e. The number of carbonyl (C=O) groups excluding carboxylic acids is 4. The summed E-state index contributed by atoms with van der Waals surface area (Å²) >= 11 is 5.97. The number of fused-ring (bicyclic) bond motifs is 1. The van der Waals surface area contributed by atoms with E-state index in [1.54, 1.807) is 19.2 Å². The number of ether oxygens (including phenoxy) is 4. The predicted molar refractivity (Wildman–Crippen MR) is 240 cm³/mol. The fraction of sp³-hybridized carbons (Fsp3) is 0.500. The van der Waals surface area contributed by atoms with Crippen LogP contribution >= 0.6 is 11.8 Å². The number of carbonyl (C=O) groups is 4. The highest BCUT2D eigenvalue weighted by molar-refractivity contribution is 6.13. The Morgan fingerprint density at radius 3 is 2.05 bits per heavy atom. The summed E-state index contributed by atoms with van der Waals surface area (Å²) in [6.45, 7) is 7.90. The van der Waals surface area contributed by atoms with E-state index in [1.807, 2.05) is 76.2 Å². The summed E-state index contributed by atoms with van der Waals surface area (Å²) in [4.78, 5) is 57.0. The number of phenols is 1. The van der Waals surface area contributed by atoms with Crippen molar-refractivity contribution in [1.29, 1.82) is 0 Å². The van der Waals surface area contributed by atoms with E-state index in [4.69, 9.17) is 30.7 Å². The second kappa shape index (κ2) is 23.9. The molecule has 0 fully saturated rings. The molecule has 0 bridgehead atoms. The van der Waals surface area contributed by atoms with Gasteiger partial charge in [0.05, 0.1) is 34.5 Å². The van der Waals surface area contributed by atoms with Crippen LogP contribution in [0.4, 0.5) is 0 Å². The van der Waals surface area contributed by atoms with E-state index in [2.05, 4.69) is 15.5 Å². The van der Waals surface area contributed by atoms with Crippen molar-refractivity contribution in [2.45, 2.75) is 97.2 Å². The maximum absolute atomic E-state index is 13.9. The van der Waals surface area contributed by atoms with Crippen molar-refractivity contribution in [2.24, 2.45) is 23.7 Å². The van der Waals surface area contributed by atoms with Gasteiger partial charge in [0.2, 0.25) is 17.6 Å². The van der Waals surface area contributed by atoms with Crippen LogP contribution in [0.25, 0.3) is 5.57 Å². The molecule has 0 heterocycles. The molecule has 0 spiro atoms. The molecule has 338 valence electrons. The van der Waals surface area contributed by atoms with Crippen LogP contribution in [0, 0.1) is 23.7 Å². The summed E-state index contributed by atoms with van der Waals surface area (Å²) in [6, 6.07) is 15.1. The summed E-state index contributed by atoms with van der Waals surface area (Å²) in [5, 5.41) is 27.7. The highest BCUT2D eigenvalue weighted by Gasteiger charge is 2.33. The summed E-state index contributed by atoms with van der Waals surface area (Å²) in [7, 11) is 6.11. The largest absolute Gasteiger partial charge is 0.504 e. The van der Waals surface area contributed by atoms with Crippen molar-refractivity contribution in [3.05, 3.63) is 82.9 Å². The number of nitrogens with one attached hydrogen (secondary N) is 3. The zero-order valence-corrected chi connectivity index (χ0v) is 38.0. The van der Waals surface area contributed by atoms with Gasteiger partial charge in [-0.3, -0.25) is 19.2 Å². The van der Waals surface area contributed by atoms with Crippen molar-refractivity contribution >= 4 is 40.7 Å². The van der Waals surface area contributed by atoms with E-state index in [0.29, 0.717) is 60.7 Å². The molecule has 0 saturated carbocycles. The maximum atomic E-state index is 13.9. The zero-order chi connectivity index (χ0) is 45.5. The molecule has 13 nitrogen and oxygen atoms in total. The molecule has 4 rings (SSSR count). The molecule has 0 aromatic heterocycles. The van der Waals surface area contributed by atoms with Crippen LogP contribution in [0.5, 0.6) is 28.7 Å². The standard InChI is InChI=1S/C48H64ClN3O10/c1-28(2)20-32(24-41(55)45(57)38(52-49)22-30-12-10-9-11-13-30)39(53)25-33(21-29(3)4)48(58)50-19-18-44(56)51-34-15-16-35-37(27-43(60-6)47(62-8)46(35)61-7)36(26-34)31-14-17-42(59-5)40(54)23-31/h9-14,17,23,26-29,32-34,38,45,52,54,57H,15-16,18-22,24-25H2,1-8H3,(H,50,58)(H,51,56). The number of halogens is 1. The molecule has 1 aliphatic rings. The van der Waals surface area contributed by atoms with E-state index in [-0.39, 0.29) is 61.0 Å². The van der Waals surface area contributed by atoms with Crippen LogP contribution in [0.2, 0.25) is 0 Å². The molecule has 5 unspecified atom stereocenters. The molecule has 2 amide bonds. The second-order valence-corrected chi connectivity index (χ2v) is 17.0. The van der Waals surface area contributed by atoms with Crippen molar-refractivity contribution in [3.8, 4) is 28.7 Å². The Balaban J connectivity index is 1.45. The predicted octanol–water partition coefficient (Wildman–Crippen LogP) is 6.75. The minimum absolute atomic E-state index is 0.0177. The van der Waals surface area contributed by atoms with Gasteiger partial charge in [0.25, 0.3) is 0 Å². The van der Waals surface area contributed by atoms with Crippen molar-refractivity contribution in [1.82, 2.24) is 15.5 Å². The molecule has 3 aromatic rings. The number of hydrogen-bond donors (Lipinski definition) is 5. The number of Topliss-reactive ketones (excluding diaryl/α,β-unsaturated/α-hetero) is 2. The zero-order valence-electron chi connectivity index (χ0n) is 37.2. The number of phenolic OH excluding ortho intramolecular Hbond substituents is 1. The lowest BCUT2D eigenvalue weighted by atomic mass is 9.81. The molecule has 0 radical (unpaired) electrons. The number of ketones is 2. The minimum atomic E-state index is -1.43. The van der Waals surface area contributed by atoms with Crippen molar-refractivity contribution < 1.29 is 48.3 Å². The van der Waals surface area contributed by atoms with Gasteiger partial charge in [-0.05, 0) is 96.2 Å². The fourth-order valence-corrected chi connectivity index (χ4v) is 8.35. The van der Waals surface area contributed by atoms with Gasteiger partial charge in [-0.2, -0.15) is 0 Å². The number of aromatic hydroxyl groups is 1. The highest BCUT2D eigenvalue weighted by Crippen LogP contribution is 2.47. The van der Waals surface area contributed by atoms with Gasteiger partial charge in [0.1, 0.15) is 11.9 Å². The third-order valence-electron chi connectivity index (χ3n) is 11.2. The monoisotopic (exact) mass is 877 g/mol. The molecular weight excluding hydrogens is 814 g/mol. The number of amides is 2. The van der Waals surface area contributed by atoms with E-state index in [1.165, 1.54) is 21.3 Å². The molecule has 0 aliphatic heterocycles. The van der Waals surface area contributed by atoms with Gasteiger partial charge in [0.15, 0.2) is 28.8 Å². The lowest BCUT2D eigenvalue weighted by Gasteiger charge is -2.25. The third-order valence-corrected chi connectivity index (χ3v) is 11.4. The average Bonchev–Trinajstić information content (AvgIpc) is 3.42. The second-order valence-electron chi connectivity index (χ2n) is 16.7. The van der Waals surface area contributed by atoms with Crippen molar-refractivity contribution in [3.63, 3.8) is 0 Å². The third kappa shape index (κ3) is 13.4. The molecule has 0 saturated heterocycles. The number of aliphatic hydroxyl groups excluding tert-OH is 1. The Hall–Kier alpha value is -5.11. The fourth-order valence-electron chi connectivity index (χ4n) is 8.15. The van der Waals surface area contributed by atoms with Crippen LogP contribution in [0.15, 0.2) is 60.7 Å². The number of rotatable bonds is 24. The molecule has 14 heteroatoms. The lowest BCUT2D eigenvalue weighted by molar-refractivity contribution is -0.135. The molecule has 1 aliphatic carbocycles. The first-order chi connectivity index (χ1) is 29.6. The van der Waals surface area contributed by atoms with Gasteiger partial charge in [-0.15, -0.1) is 0 Å². The number of methoxy groups -OCH3 is 4. The SMILES string of the molecule is COc1ccc(C2=CC(NC(=O)CCNC(=O)C(CC(=O)C(CC(=O)C(O)C(Cc3ccccc3)NCl)CC(C)C)CC(C)C)CCc3c2cc(OC)c(OC)c3OC)cc1O. The van der Waals surface area contributed by atoms with E-state index in [9.17, 15) is 29.4 Å². The Bertz CT molecular complexity index is 2020. The first-order valence-electron chi connectivity index (χ1n) is 21.3. The van der Waals surface area contributed by atoms with Gasteiger partial charge < -0.3 is 39.8 Å². The molecule has 3 aromatic carbocycles. The molecule has 5 N–H and O–H groups in total. The summed E-state index contributed by atoms with van der Waals surface area (Å²) in [6.07, 6.45) is 2.42. The summed E-state index contributed by atoms with van der Waals surface area (Å²) < 4.78 is 22.5. The Morgan fingerprint density at radius 1 is 0.806 bits per heavy atom. The summed E-state index contributed by atoms with van der Waals surface area (Å²) in [5.74, 6) is -0.864. The van der Waals surface area contributed by atoms with Gasteiger partial charge >= 0.3 is 0 Å². The number of aliphatic hydroxyl groups is 1. The Morgan fingerprint density at radius 2 is 1.45 bits per heavy atom. The van der Waals surface area contributed by atoms with Crippen LogP contribution in [-0.2, 0) is 32.0 Å². The molecular formula is C48H64ClN3O10. The first-order valence-corrected chi connectivity index (χ1v) is 21.6. The smallest absolute Gasteiger partial charge is 0.223 e. The van der Waals surface area contributed by atoms with Gasteiger partial charge in [-0.1, -0.05) is 70.2 Å². The lowest BCUT2D eigenvalue weighted by Crippen LogP contribution is -2.43. The average molecular weight is 879 g/mol. The number of benzene rings is 3. The normalized spacial score (nSPS) is 15.6. The van der Waals surface area contributed by atoms with Crippen LogP contribution in [-0.4, -0.2) is 86.8 Å². The van der Waals surface area contributed by atoms with E-state index >= 15 is 0 Å².